The van der Waals surface area contributed by atoms with E-state index in [1.807, 2.05) is 0 Å². The molecule has 0 saturated carbocycles. The van der Waals surface area contributed by atoms with Gasteiger partial charge in [-0.05, 0) is 0 Å². The smallest absolute Gasteiger partial charge is 0.503 e. The number of ether oxygens (including phenoxy) is 3. The minimum absolute atomic E-state index is 0.512. The average molecular weight is 267 g/mol. The lowest BCUT2D eigenvalue weighted by atomic mass is 10.2. The molecule has 1 aromatic heterocycles. The Morgan fingerprint density at radius 1 is 1.33 bits per heavy atom. The van der Waals surface area contributed by atoms with Gasteiger partial charge in [0.05, 0.1) is 14.2 Å². The maximum atomic E-state index is 12.1. The van der Waals surface area contributed by atoms with Crippen LogP contribution in [0.5, 0.6) is 17.5 Å². The fourth-order valence-corrected chi connectivity index (χ4v) is 1.06. The maximum Gasteiger partial charge on any atom is 0.574 e. The highest BCUT2D eigenvalue weighted by atomic mass is 19.4. The first-order valence-electron chi connectivity index (χ1n) is 4.40. The van der Waals surface area contributed by atoms with E-state index in [0.29, 0.717) is 6.07 Å². The summed E-state index contributed by atoms with van der Waals surface area (Å²) in [7, 11) is 2.04. The number of esters is 1. The lowest BCUT2D eigenvalue weighted by Gasteiger charge is -2.12. The van der Waals surface area contributed by atoms with Crippen molar-refractivity contribution in [2.24, 2.45) is 0 Å². The lowest BCUT2D eigenvalue weighted by Crippen LogP contribution is -2.20. The molecule has 0 aliphatic rings. The minimum Gasteiger partial charge on any atom is -0.503 e. The molecule has 0 atom stereocenters. The molecule has 0 radical (unpaired) electrons. The van der Waals surface area contributed by atoms with Crippen LogP contribution in [0.15, 0.2) is 6.07 Å². The SMILES string of the molecule is COC(=O)c1cc(O)c(OC)nc1OC(F)(F)F. The summed E-state index contributed by atoms with van der Waals surface area (Å²) >= 11 is 0. The Hall–Kier alpha value is -2.19. The highest BCUT2D eigenvalue weighted by Gasteiger charge is 2.35. The van der Waals surface area contributed by atoms with Crippen LogP contribution < -0.4 is 9.47 Å². The molecule has 1 aromatic rings. The topological polar surface area (TPSA) is 77.9 Å². The van der Waals surface area contributed by atoms with Crippen molar-refractivity contribution in [3.8, 4) is 17.5 Å². The molecular formula is C9H8F3NO5. The molecule has 9 heteroatoms. The van der Waals surface area contributed by atoms with Crippen LogP contribution in [0.4, 0.5) is 13.2 Å². The predicted molar refractivity (Wildman–Crippen MR) is 50.5 cm³/mol. The fraction of sp³-hybridized carbons (Fsp3) is 0.333. The van der Waals surface area contributed by atoms with Gasteiger partial charge in [-0.1, -0.05) is 0 Å². The van der Waals surface area contributed by atoms with Crippen LogP contribution >= 0.6 is 0 Å². The summed E-state index contributed by atoms with van der Waals surface area (Å²) in [4.78, 5) is 14.4. The van der Waals surface area contributed by atoms with Crippen molar-refractivity contribution >= 4 is 5.97 Å². The molecule has 0 aliphatic heterocycles. The van der Waals surface area contributed by atoms with E-state index in [2.05, 4.69) is 19.2 Å². The summed E-state index contributed by atoms with van der Waals surface area (Å²) in [5.41, 5.74) is -0.673. The normalized spacial score (nSPS) is 10.9. The molecule has 1 N–H and O–H groups in total. The van der Waals surface area contributed by atoms with Crippen molar-refractivity contribution in [1.82, 2.24) is 4.98 Å². The Balaban J connectivity index is 3.30. The number of pyridine rings is 1. The van der Waals surface area contributed by atoms with Gasteiger partial charge in [0.1, 0.15) is 5.56 Å². The molecule has 0 aromatic carbocycles. The maximum absolute atomic E-state index is 12.1. The Bertz CT molecular complexity index is 460. The highest BCUT2D eigenvalue weighted by Crippen LogP contribution is 2.33. The van der Waals surface area contributed by atoms with Crippen LogP contribution in [0.1, 0.15) is 10.4 Å². The summed E-state index contributed by atoms with van der Waals surface area (Å²) in [5.74, 6) is -3.34. The second kappa shape index (κ2) is 4.98. The van der Waals surface area contributed by atoms with Gasteiger partial charge in [-0.3, -0.25) is 0 Å². The monoisotopic (exact) mass is 267 g/mol. The third-order valence-electron chi connectivity index (χ3n) is 1.74. The number of rotatable bonds is 3. The van der Waals surface area contributed by atoms with Crippen LogP contribution in [-0.4, -0.2) is 36.6 Å². The van der Waals surface area contributed by atoms with Crippen molar-refractivity contribution < 1.29 is 37.3 Å². The highest BCUT2D eigenvalue weighted by molar-refractivity contribution is 5.92. The molecule has 0 spiro atoms. The van der Waals surface area contributed by atoms with Crippen LogP contribution in [0.2, 0.25) is 0 Å². The first-order valence-corrected chi connectivity index (χ1v) is 4.40. The number of hydrogen-bond donors (Lipinski definition) is 1. The lowest BCUT2D eigenvalue weighted by molar-refractivity contribution is -0.276. The van der Waals surface area contributed by atoms with E-state index in [-0.39, 0.29) is 0 Å². The Kier molecular flexibility index (Phi) is 3.84. The largest absolute Gasteiger partial charge is 0.574 e. The van der Waals surface area contributed by atoms with Crippen molar-refractivity contribution in [2.45, 2.75) is 6.36 Å². The quantitative estimate of drug-likeness (QED) is 0.836. The summed E-state index contributed by atoms with van der Waals surface area (Å²) in [5, 5.41) is 9.33. The van der Waals surface area contributed by atoms with E-state index in [1.54, 1.807) is 0 Å². The third-order valence-corrected chi connectivity index (χ3v) is 1.74. The number of halogens is 3. The minimum atomic E-state index is -5.04. The van der Waals surface area contributed by atoms with Crippen LogP contribution in [0.25, 0.3) is 0 Å². The zero-order valence-electron chi connectivity index (χ0n) is 9.24. The predicted octanol–water partition coefficient (Wildman–Crippen LogP) is 1.48. The zero-order valence-corrected chi connectivity index (χ0v) is 9.24. The molecule has 1 rings (SSSR count). The van der Waals surface area contributed by atoms with Crippen molar-refractivity contribution in [3.05, 3.63) is 11.6 Å². The average Bonchev–Trinajstić information content (AvgIpc) is 2.28. The van der Waals surface area contributed by atoms with Crippen molar-refractivity contribution in [2.75, 3.05) is 14.2 Å². The van der Waals surface area contributed by atoms with Crippen molar-refractivity contribution in [1.29, 1.82) is 0 Å². The summed E-state index contributed by atoms with van der Waals surface area (Å²) in [6, 6.07) is 0.707. The molecule has 0 aliphatic carbocycles. The first kappa shape index (κ1) is 13.9. The number of carbonyl (C=O) groups is 1. The number of nitrogens with zero attached hydrogens (tertiary/aromatic N) is 1. The molecular weight excluding hydrogens is 259 g/mol. The van der Waals surface area contributed by atoms with E-state index < -0.39 is 35.4 Å². The number of aromatic hydroxyl groups is 1. The van der Waals surface area contributed by atoms with Gasteiger partial charge in [0.25, 0.3) is 5.88 Å². The molecule has 6 nitrogen and oxygen atoms in total. The number of methoxy groups -OCH3 is 2. The molecule has 0 unspecified atom stereocenters. The summed E-state index contributed by atoms with van der Waals surface area (Å²) in [6.45, 7) is 0. The van der Waals surface area contributed by atoms with Crippen LogP contribution in [0.3, 0.4) is 0 Å². The molecule has 1 heterocycles. The molecule has 100 valence electrons. The van der Waals surface area contributed by atoms with Gasteiger partial charge in [0, 0.05) is 6.07 Å². The second-order valence-corrected chi connectivity index (χ2v) is 2.91. The van der Waals surface area contributed by atoms with Gasteiger partial charge in [-0.25, -0.2) is 4.79 Å². The Morgan fingerprint density at radius 3 is 2.39 bits per heavy atom. The molecule has 0 saturated heterocycles. The zero-order chi connectivity index (χ0) is 13.9. The number of alkyl halides is 3. The van der Waals surface area contributed by atoms with E-state index in [0.717, 1.165) is 14.2 Å². The first-order chi connectivity index (χ1) is 8.28. The van der Waals surface area contributed by atoms with Gasteiger partial charge in [0.2, 0.25) is 5.88 Å². The second-order valence-electron chi connectivity index (χ2n) is 2.91. The number of hydrogen-bond acceptors (Lipinski definition) is 6. The molecule has 0 amide bonds. The van der Waals surface area contributed by atoms with E-state index in [4.69, 9.17) is 0 Å². The van der Waals surface area contributed by atoms with Gasteiger partial charge < -0.3 is 19.3 Å². The summed E-state index contributed by atoms with van der Waals surface area (Å²) < 4.78 is 48.6. The van der Waals surface area contributed by atoms with Gasteiger partial charge >= 0.3 is 12.3 Å². The van der Waals surface area contributed by atoms with Gasteiger partial charge in [-0.15, -0.1) is 13.2 Å². The van der Waals surface area contributed by atoms with Crippen LogP contribution in [-0.2, 0) is 4.74 Å². The molecule has 18 heavy (non-hydrogen) atoms. The molecule has 0 fully saturated rings. The third kappa shape index (κ3) is 3.15. The van der Waals surface area contributed by atoms with Crippen molar-refractivity contribution in [3.63, 3.8) is 0 Å². The Labute approximate surface area is 98.9 Å². The number of carbonyl (C=O) groups excluding carboxylic acids is 1. The standard InChI is InChI=1S/C9H8F3NO5/c1-16-7-5(14)3-4(8(15)17-2)6(13-7)18-9(10,11)12/h3,14H,1-2H3. The Morgan fingerprint density at radius 2 is 1.94 bits per heavy atom. The number of aromatic nitrogens is 1. The van der Waals surface area contributed by atoms with E-state index >= 15 is 0 Å². The molecule has 0 bridgehead atoms. The van der Waals surface area contributed by atoms with E-state index in [1.165, 1.54) is 0 Å². The fourth-order valence-electron chi connectivity index (χ4n) is 1.06. The van der Waals surface area contributed by atoms with Gasteiger partial charge in [-0.2, -0.15) is 4.98 Å². The van der Waals surface area contributed by atoms with Gasteiger partial charge in [0.15, 0.2) is 5.75 Å². The van der Waals surface area contributed by atoms with Crippen LogP contribution in [0, 0.1) is 0 Å². The van der Waals surface area contributed by atoms with E-state index in [9.17, 15) is 23.1 Å². The summed E-state index contributed by atoms with van der Waals surface area (Å²) in [6.07, 6.45) is -5.04.